The molecule has 1 aromatic rings. The smallest absolute Gasteiger partial charge is 0.191 e. The fraction of sp³-hybridized carbons (Fsp3) is 0.706. The third kappa shape index (κ3) is 5.29. The lowest BCUT2D eigenvalue weighted by molar-refractivity contribution is 0.334. The normalized spacial score (nSPS) is 17.0. The van der Waals surface area contributed by atoms with Gasteiger partial charge in [0.25, 0.3) is 0 Å². The SMILES string of the molecule is CN=C(NCCCN1CCCC1)NCC(C)(C)c1cccs1. The number of likely N-dealkylation sites (tertiary alicyclic amines) is 1. The monoisotopic (exact) mass is 322 g/mol. The van der Waals surface area contributed by atoms with Crippen LogP contribution in [-0.2, 0) is 5.41 Å². The van der Waals surface area contributed by atoms with E-state index in [-0.39, 0.29) is 5.41 Å². The first-order valence-electron chi connectivity index (χ1n) is 8.33. The Morgan fingerprint density at radius 1 is 1.32 bits per heavy atom. The number of thiophene rings is 1. The molecule has 124 valence electrons. The standard InChI is InChI=1S/C17H30N4S/c1-17(2,15-8-6-13-22-15)14-20-16(18-3)19-9-7-12-21-10-4-5-11-21/h6,8,13H,4-5,7,9-12,14H2,1-3H3,(H2,18,19,20). The Labute approximate surface area is 139 Å². The van der Waals surface area contributed by atoms with E-state index in [4.69, 9.17) is 0 Å². The maximum absolute atomic E-state index is 4.33. The molecule has 0 amide bonds. The molecule has 1 aliphatic rings. The molecule has 4 nitrogen and oxygen atoms in total. The van der Waals surface area contributed by atoms with E-state index in [2.05, 4.69) is 51.9 Å². The van der Waals surface area contributed by atoms with Gasteiger partial charge in [-0.05, 0) is 50.3 Å². The van der Waals surface area contributed by atoms with Gasteiger partial charge in [0, 0.05) is 30.4 Å². The van der Waals surface area contributed by atoms with Crippen LogP contribution in [0.25, 0.3) is 0 Å². The van der Waals surface area contributed by atoms with Crippen molar-refractivity contribution in [2.45, 2.75) is 38.5 Å². The Morgan fingerprint density at radius 2 is 2.09 bits per heavy atom. The van der Waals surface area contributed by atoms with Crippen molar-refractivity contribution in [3.63, 3.8) is 0 Å². The minimum atomic E-state index is 0.126. The lowest BCUT2D eigenvalue weighted by atomic mass is 9.91. The second-order valence-corrected chi connectivity index (χ2v) is 7.56. The first-order chi connectivity index (χ1) is 10.6. The van der Waals surface area contributed by atoms with Gasteiger partial charge in [-0.15, -0.1) is 11.3 Å². The Morgan fingerprint density at radius 3 is 2.73 bits per heavy atom. The highest BCUT2D eigenvalue weighted by Crippen LogP contribution is 2.26. The summed E-state index contributed by atoms with van der Waals surface area (Å²) in [6.07, 6.45) is 3.91. The van der Waals surface area contributed by atoms with E-state index in [9.17, 15) is 0 Å². The summed E-state index contributed by atoms with van der Waals surface area (Å²) in [6.45, 7) is 10.2. The van der Waals surface area contributed by atoms with E-state index in [1.54, 1.807) is 0 Å². The van der Waals surface area contributed by atoms with Crippen molar-refractivity contribution >= 4 is 17.3 Å². The highest BCUT2D eigenvalue weighted by atomic mass is 32.1. The summed E-state index contributed by atoms with van der Waals surface area (Å²) in [5.74, 6) is 0.908. The molecule has 1 saturated heterocycles. The van der Waals surface area contributed by atoms with Gasteiger partial charge in [-0.3, -0.25) is 4.99 Å². The lowest BCUT2D eigenvalue weighted by Gasteiger charge is -2.25. The number of hydrogen-bond acceptors (Lipinski definition) is 3. The van der Waals surface area contributed by atoms with Crippen LogP contribution in [0.1, 0.15) is 38.0 Å². The van der Waals surface area contributed by atoms with Crippen LogP contribution in [-0.4, -0.2) is 50.6 Å². The summed E-state index contributed by atoms with van der Waals surface area (Å²) in [4.78, 5) is 8.29. The lowest BCUT2D eigenvalue weighted by Crippen LogP contribution is -2.43. The van der Waals surface area contributed by atoms with Crippen molar-refractivity contribution in [2.24, 2.45) is 4.99 Å². The summed E-state index contributed by atoms with van der Waals surface area (Å²) in [7, 11) is 1.84. The third-order valence-corrected chi connectivity index (χ3v) is 5.49. The van der Waals surface area contributed by atoms with Crippen LogP contribution >= 0.6 is 11.3 Å². The molecular formula is C17H30N4S. The van der Waals surface area contributed by atoms with E-state index in [0.29, 0.717) is 0 Å². The predicted molar refractivity (Wildman–Crippen MR) is 97.0 cm³/mol. The van der Waals surface area contributed by atoms with Gasteiger partial charge >= 0.3 is 0 Å². The molecule has 0 bridgehead atoms. The summed E-state index contributed by atoms with van der Waals surface area (Å²) in [5.41, 5.74) is 0.126. The van der Waals surface area contributed by atoms with E-state index < -0.39 is 0 Å². The van der Waals surface area contributed by atoms with Crippen LogP contribution in [0.15, 0.2) is 22.5 Å². The average molecular weight is 323 g/mol. The number of aliphatic imine (C=N–C) groups is 1. The second-order valence-electron chi connectivity index (χ2n) is 6.62. The van der Waals surface area contributed by atoms with Crippen LogP contribution in [0.5, 0.6) is 0 Å². The van der Waals surface area contributed by atoms with Crippen molar-refractivity contribution in [3.05, 3.63) is 22.4 Å². The molecule has 2 rings (SSSR count). The summed E-state index contributed by atoms with van der Waals surface area (Å²) in [5, 5.41) is 9.03. The van der Waals surface area contributed by atoms with Crippen LogP contribution < -0.4 is 10.6 Å². The van der Waals surface area contributed by atoms with Crippen LogP contribution in [0.2, 0.25) is 0 Å². The van der Waals surface area contributed by atoms with Crippen molar-refractivity contribution in [2.75, 3.05) is 39.8 Å². The van der Waals surface area contributed by atoms with Crippen molar-refractivity contribution < 1.29 is 0 Å². The Hall–Kier alpha value is -1.07. The fourth-order valence-electron chi connectivity index (χ4n) is 2.79. The molecule has 2 N–H and O–H groups in total. The molecule has 0 atom stereocenters. The molecule has 0 aliphatic carbocycles. The van der Waals surface area contributed by atoms with Crippen LogP contribution in [0, 0.1) is 0 Å². The summed E-state index contributed by atoms with van der Waals surface area (Å²) >= 11 is 1.82. The van der Waals surface area contributed by atoms with E-state index in [1.807, 2.05) is 18.4 Å². The Balaban J connectivity index is 1.66. The van der Waals surface area contributed by atoms with E-state index in [0.717, 1.165) is 19.0 Å². The average Bonchev–Trinajstić information content (AvgIpc) is 3.20. The first-order valence-corrected chi connectivity index (χ1v) is 9.20. The van der Waals surface area contributed by atoms with Gasteiger partial charge in [-0.25, -0.2) is 0 Å². The first kappa shape index (κ1) is 17.3. The Kier molecular flexibility index (Phi) is 6.70. The van der Waals surface area contributed by atoms with Crippen molar-refractivity contribution in [1.29, 1.82) is 0 Å². The van der Waals surface area contributed by atoms with Crippen LogP contribution in [0.4, 0.5) is 0 Å². The molecular weight excluding hydrogens is 292 g/mol. The largest absolute Gasteiger partial charge is 0.356 e. The number of nitrogens with one attached hydrogen (secondary N) is 2. The fourth-order valence-corrected chi connectivity index (χ4v) is 3.64. The third-order valence-electron chi connectivity index (χ3n) is 4.25. The molecule has 0 saturated carbocycles. The number of nitrogens with zero attached hydrogens (tertiary/aromatic N) is 2. The van der Waals surface area contributed by atoms with E-state index >= 15 is 0 Å². The molecule has 1 aromatic heterocycles. The topological polar surface area (TPSA) is 39.7 Å². The minimum Gasteiger partial charge on any atom is -0.356 e. The zero-order chi connectivity index (χ0) is 15.8. The second kappa shape index (κ2) is 8.53. The van der Waals surface area contributed by atoms with Crippen LogP contribution in [0.3, 0.4) is 0 Å². The van der Waals surface area contributed by atoms with Crippen molar-refractivity contribution in [3.8, 4) is 0 Å². The molecule has 0 radical (unpaired) electrons. The summed E-state index contributed by atoms with van der Waals surface area (Å²) in [6, 6.07) is 4.33. The highest BCUT2D eigenvalue weighted by Gasteiger charge is 2.21. The van der Waals surface area contributed by atoms with Gasteiger partial charge in [0.05, 0.1) is 0 Å². The number of hydrogen-bond donors (Lipinski definition) is 2. The van der Waals surface area contributed by atoms with Gasteiger partial charge in [-0.2, -0.15) is 0 Å². The molecule has 2 heterocycles. The molecule has 0 spiro atoms. The molecule has 1 aliphatic heterocycles. The maximum atomic E-state index is 4.33. The molecule has 0 aromatic carbocycles. The molecule has 5 heteroatoms. The van der Waals surface area contributed by atoms with Gasteiger partial charge < -0.3 is 15.5 Å². The number of guanidine groups is 1. The van der Waals surface area contributed by atoms with Gasteiger partial charge in [0.2, 0.25) is 0 Å². The quantitative estimate of drug-likeness (QED) is 0.461. The van der Waals surface area contributed by atoms with Crippen molar-refractivity contribution in [1.82, 2.24) is 15.5 Å². The highest BCUT2D eigenvalue weighted by molar-refractivity contribution is 7.10. The Bertz CT molecular complexity index is 447. The zero-order valence-electron chi connectivity index (χ0n) is 14.2. The predicted octanol–water partition coefficient (Wildman–Crippen LogP) is 2.68. The minimum absolute atomic E-state index is 0.126. The number of rotatable bonds is 7. The zero-order valence-corrected chi connectivity index (χ0v) is 15.0. The summed E-state index contributed by atoms with van der Waals surface area (Å²) < 4.78 is 0. The molecule has 1 fully saturated rings. The van der Waals surface area contributed by atoms with Gasteiger partial charge in [0.15, 0.2) is 5.96 Å². The molecule has 0 unspecified atom stereocenters. The molecule has 22 heavy (non-hydrogen) atoms. The maximum Gasteiger partial charge on any atom is 0.191 e. The van der Waals surface area contributed by atoms with Gasteiger partial charge in [-0.1, -0.05) is 19.9 Å². The van der Waals surface area contributed by atoms with E-state index in [1.165, 1.54) is 43.8 Å². The van der Waals surface area contributed by atoms with Gasteiger partial charge in [0.1, 0.15) is 0 Å².